The van der Waals surface area contributed by atoms with Crippen LogP contribution >= 0.6 is 22.6 Å². The summed E-state index contributed by atoms with van der Waals surface area (Å²) in [4.78, 5) is 12.3. The van der Waals surface area contributed by atoms with Crippen molar-refractivity contribution in [1.29, 1.82) is 0 Å². The molecular weight excluding hydrogens is 471 g/mol. The Morgan fingerprint density at radius 1 is 1.07 bits per heavy atom. The molecule has 0 aliphatic carbocycles. The summed E-state index contributed by atoms with van der Waals surface area (Å²) in [5.41, 5.74) is 2.13. The molecule has 5 nitrogen and oxygen atoms in total. The minimum Gasteiger partial charge on any atom is -0.494 e. The molecule has 0 saturated carbocycles. The third-order valence-electron chi connectivity index (χ3n) is 4.04. The summed E-state index contributed by atoms with van der Waals surface area (Å²) in [7, 11) is 1.60. The number of carbonyl (C=O) groups is 1. The Morgan fingerprint density at radius 3 is 2.43 bits per heavy atom. The maximum absolute atomic E-state index is 12.3. The van der Waals surface area contributed by atoms with Gasteiger partial charge in [-0.3, -0.25) is 0 Å². The summed E-state index contributed by atoms with van der Waals surface area (Å²) >= 11 is 2.20. The van der Waals surface area contributed by atoms with Gasteiger partial charge in [-0.05, 0) is 90.6 Å². The molecule has 0 amide bonds. The highest BCUT2D eigenvalue weighted by molar-refractivity contribution is 14.1. The minimum atomic E-state index is -0.383. The van der Waals surface area contributed by atoms with Crippen molar-refractivity contribution in [3.05, 3.63) is 62.7 Å². The van der Waals surface area contributed by atoms with Crippen molar-refractivity contribution >= 4 is 40.4 Å². The molecule has 0 unspecified atom stereocenters. The van der Waals surface area contributed by atoms with Crippen molar-refractivity contribution in [1.82, 2.24) is 0 Å². The molecule has 28 heavy (non-hydrogen) atoms. The van der Waals surface area contributed by atoms with E-state index < -0.39 is 0 Å². The van der Waals surface area contributed by atoms with Crippen LogP contribution in [0, 0.1) is 3.57 Å². The van der Waals surface area contributed by atoms with E-state index in [0.29, 0.717) is 36.0 Å². The third kappa shape index (κ3) is 4.49. The fourth-order valence-electron chi connectivity index (χ4n) is 2.80. The van der Waals surface area contributed by atoms with Gasteiger partial charge in [-0.1, -0.05) is 0 Å². The third-order valence-corrected chi connectivity index (χ3v) is 4.84. The van der Waals surface area contributed by atoms with E-state index in [9.17, 15) is 4.79 Å². The van der Waals surface area contributed by atoms with Crippen LogP contribution in [0.2, 0.25) is 0 Å². The summed E-state index contributed by atoms with van der Waals surface area (Å²) in [6.45, 7) is 5.01. The van der Waals surface area contributed by atoms with E-state index in [4.69, 9.17) is 18.9 Å². The fraction of sp³-hybridized carbons (Fsp3) is 0.227. The van der Waals surface area contributed by atoms with Gasteiger partial charge in [-0.2, -0.15) is 0 Å². The number of rotatable bonds is 7. The predicted octanol–water partition coefficient (Wildman–Crippen LogP) is 5.08. The van der Waals surface area contributed by atoms with Crippen molar-refractivity contribution in [2.24, 2.45) is 0 Å². The lowest BCUT2D eigenvalue weighted by atomic mass is 10.1. The number of carbonyl (C=O) groups excluding carboxylic acids is 1. The van der Waals surface area contributed by atoms with Gasteiger partial charge in [-0.15, -0.1) is 0 Å². The van der Waals surface area contributed by atoms with Gasteiger partial charge in [0.2, 0.25) is 0 Å². The van der Waals surface area contributed by atoms with E-state index in [2.05, 4.69) is 22.6 Å². The summed E-state index contributed by atoms with van der Waals surface area (Å²) in [5, 5.41) is 0. The van der Waals surface area contributed by atoms with Crippen LogP contribution < -0.4 is 14.2 Å². The van der Waals surface area contributed by atoms with Gasteiger partial charge in [0.15, 0.2) is 11.5 Å². The standard InChI is InChI=1S/C22H21IO5/c1-4-26-17-8-6-15(7-9-17)19-13-16(22(24)28-19)10-14-11-18(23)21(27-5-2)20(12-14)25-3/h6-13H,4-5H2,1-3H3/b16-10-. The number of halogens is 1. The number of benzene rings is 2. The second kappa shape index (κ2) is 9.14. The summed E-state index contributed by atoms with van der Waals surface area (Å²) < 4.78 is 22.9. The van der Waals surface area contributed by atoms with E-state index in [-0.39, 0.29) is 5.97 Å². The minimum absolute atomic E-state index is 0.383. The average Bonchev–Trinajstić information content (AvgIpc) is 3.05. The first kappa shape index (κ1) is 20.3. The van der Waals surface area contributed by atoms with Gasteiger partial charge >= 0.3 is 5.97 Å². The Bertz CT molecular complexity index is 929. The molecule has 2 aromatic carbocycles. The van der Waals surface area contributed by atoms with E-state index in [0.717, 1.165) is 20.4 Å². The van der Waals surface area contributed by atoms with Crippen molar-refractivity contribution in [3.63, 3.8) is 0 Å². The van der Waals surface area contributed by atoms with Crippen LogP contribution in [0.5, 0.6) is 17.2 Å². The molecule has 1 aliphatic heterocycles. The lowest BCUT2D eigenvalue weighted by Gasteiger charge is -2.12. The Morgan fingerprint density at radius 2 is 1.79 bits per heavy atom. The molecule has 1 aliphatic rings. The Kier molecular flexibility index (Phi) is 6.61. The largest absolute Gasteiger partial charge is 0.494 e. The van der Waals surface area contributed by atoms with E-state index in [1.807, 2.05) is 50.2 Å². The van der Waals surface area contributed by atoms with E-state index >= 15 is 0 Å². The molecule has 0 spiro atoms. The molecule has 0 bridgehead atoms. The van der Waals surface area contributed by atoms with Gasteiger partial charge in [0.1, 0.15) is 11.5 Å². The van der Waals surface area contributed by atoms with Crippen LogP contribution in [0.1, 0.15) is 25.0 Å². The van der Waals surface area contributed by atoms with Gasteiger partial charge in [-0.25, -0.2) is 4.79 Å². The number of cyclic esters (lactones) is 1. The zero-order valence-corrected chi connectivity index (χ0v) is 18.1. The van der Waals surface area contributed by atoms with Gasteiger partial charge in [0.25, 0.3) is 0 Å². The second-order valence-corrected chi connectivity index (χ2v) is 7.08. The summed E-state index contributed by atoms with van der Waals surface area (Å²) in [5.74, 6) is 2.25. The zero-order valence-electron chi connectivity index (χ0n) is 16.0. The highest BCUT2D eigenvalue weighted by Gasteiger charge is 2.22. The van der Waals surface area contributed by atoms with Crippen LogP contribution in [-0.2, 0) is 9.53 Å². The molecule has 0 atom stereocenters. The van der Waals surface area contributed by atoms with Crippen molar-refractivity contribution in [2.45, 2.75) is 13.8 Å². The van der Waals surface area contributed by atoms with Crippen LogP contribution in [0.25, 0.3) is 11.8 Å². The number of ether oxygens (including phenoxy) is 4. The van der Waals surface area contributed by atoms with Crippen LogP contribution in [0.4, 0.5) is 0 Å². The monoisotopic (exact) mass is 492 g/mol. The molecule has 3 rings (SSSR count). The normalized spacial score (nSPS) is 14.6. The van der Waals surface area contributed by atoms with E-state index in [1.54, 1.807) is 19.3 Å². The van der Waals surface area contributed by atoms with Gasteiger partial charge in [0, 0.05) is 5.56 Å². The second-order valence-electron chi connectivity index (χ2n) is 5.92. The number of esters is 1. The first-order valence-electron chi connectivity index (χ1n) is 8.94. The van der Waals surface area contributed by atoms with Crippen molar-refractivity contribution in [3.8, 4) is 17.2 Å². The Balaban J connectivity index is 1.89. The van der Waals surface area contributed by atoms with Gasteiger partial charge < -0.3 is 18.9 Å². The highest BCUT2D eigenvalue weighted by atomic mass is 127. The first-order valence-corrected chi connectivity index (χ1v) is 10.0. The molecule has 0 N–H and O–H groups in total. The topological polar surface area (TPSA) is 54.0 Å². The quantitative estimate of drug-likeness (QED) is 0.307. The first-order chi connectivity index (χ1) is 13.5. The Hall–Kier alpha value is -2.48. The lowest BCUT2D eigenvalue weighted by molar-refractivity contribution is -0.130. The van der Waals surface area contributed by atoms with Crippen molar-refractivity contribution < 1.29 is 23.7 Å². The number of methoxy groups -OCH3 is 1. The van der Waals surface area contributed by atoms with Gasteiger partial charge in [0.05, 0.1) is 29.5 Å². The smallest absolute Gasteiger partial charge is 0.343 e. The van der Waals surface area contributed by atoms with Crippen LogP contribution in [0.3, 0.4) is 0 Å². The molecule has 0 aromatic heterocycles. The fourth-order valence-corrected chi connectivity index (χ4v) is 3.58. The maximum atomic E-state index is 12.3. The summed E-state index contributed by atoms with van der Waals surface area (Å²) in [6.07, 6.45) is 3.53. The molecule has 6 heteroatoms. The number of hydrogen-bond donors (Lipinski definition) is 0. The molecule has 0 saturated heterocycles. The number of hydrogen-bond acceptors (Lipinski definition) is 5. The van der Waals surface area contributed by atoms with E-state index in [1.165, 1.54) is 0 Å². The molecule has 0 fully saturated rings. The Labute approximate surface area is 178 Å². The molecule has 146 valence electrons. The maximum Gasteiger partial charge on any atom is 0.343 e. The molecular formula is C22H21IO5. The summed E-state index contributed by atoms with van der Waals surface area (Å²) in [6, 6.07) is 11.2. The molecule has 1 heterocycles. The zero-order chi connectivity index (χ0) is 20.1. The predicted molar refractivity (Wildman–Crippen MR) is 117 cm³/mol. The SMILES string of the molecule is CCOc1ccc(C2=C/C(=C/c3cc(I)c(OCC)c(OC)c3)C(=O)O2)cc1. The lowest BCUT2D eigenvalue weighted by Crippen LogP contribution is -1.99. The van der Waals surface area contributed by atoms with Crippen LogP contribution in [0.15, 0.2) is 48.0 Å². The van der Waals surface area contributed by atoms with Crippen LogP contribution in [-0.4, -0.2) is 26.3 Å². The highest BCUT2D eigenvalue weighted by Crippen LogP contribution is 2.35. The molecule has 2 aromatic rings. The average molecular weight is 492 g/mol. The molecule has 0 radical (unpaired) electrons. The van der Waals surface area contributed by atoms with Crippen molar-refractivity contribution in [2.75, 3.05) is 20.3 Å².